The Morgan fingerprint density at radius 3 is 2.03 bits per heavy atom. The summed E-state index contributed by atoms with van der Waals surface area (Å²) < 4.78 is 11.5. The molecule has 0 fully saturated rings. The lowest BCUT2D eigenvalue weighted by molar-refractivity contribution is 0.0644. The third kappa shape index (κ3) is 9.14. The average Bonchev–Trinajstić information content (AvgIpc) is 2.74. The number of halogens is 2. The Labute approximate surface area is 208 Å². The van der Waals surface area contributed by atoms with Gasteiger partial charge in [-0.2, -0.15) is 5.10 Å². The van der Waals surface area contributed by atoms with E-state index in [9.17, 15) is 4.79 Å². The van der Waals surface area contributed by atoms with Crippen molar-refractivity contribution in [1.82, 2.24) is 4.90 Å². The zero-order chi connectivity index (χ0) is 23.5. The molecule has 0 atom stereocenters. The molecule has 0 aliphatic heterocycles. The molecule has 2 rings (SSSR count). The second-order valence-corrected chi connectivity index (χ2v) is 8.55. The highest BCUT2D eigenvalue weighted by Gasteiger charge is 2.23. The maximum absolute atomic E-state index is 12.8. The van der Waals surface area contributed by atoms with E-state index in [4.69, 9.17) is 26.9 Å². The molecular formula is C25H35Cl2N3O3. The van der Waals surface area contributed by atoms with Gasteiger partial charge in [0.15, 0.2) is 0 Å². The average molecular weight is 496 g/mol. The van der Waals surface area contributed by atoms with Crippen LogP contribution in [0.3, 0.4) is 0 Å². The number of benzene rings is 2. The van der Waals surface area contributed by atoms with Crippen LogP contribution in [-0.2, 0) is 0 Å². The summed E-state index contributed by atoms with van der Waals surface area (Å²) in [4.78, 5) is 14.7. The number of hydrazone groups is 1. The Kier molecular flexibility index (Phi) is 12.7. The maximum atomic E-state index is 12.8. The van der Waals surface area contributed by atoms with Crippen molar-refractivity contribution in [3.8, 4) is 11.5 Å². The fourth-order valence-electron chi connectivity index (χ4n) is 3.46. The maximum Gasteiger partial charge on any atom is 0.255 e. The van der Waals surface area contributed by atoms with E-state index in [0.717, 1.165) is 30.6 Å². The minimum Gasteiger partial charge on any atom is -0.494 e. The number of carbonyl (C=O) groups excluding carboxylic acids is 1. The van der Waals surface area contributed by atoms with Crippen LogP contribution >= 0.6 is 24.0 Å². The zero-order valence-corrected chi connectivity index (χ0v) is 21.4. The molecular weight excluding hydrogens is 461 g/mol. The molecule has 2 aromatic carbocycles. The lowest BCUT2D eigenvalue weighted by atomic mass is 10.1. The summed E-state index contributed by atoms with van der Waals surface area (Å²) in [7, 11) is 0. The first-order valence-corrected chi connectivity index (χ1v) is 11.4. The number of ether oxygens (including phenoxy) is 2. The van der Waals surface area contributed by atoms with Gasteiger partial charge in [-0.25, -0.2) is 0 Å². The third-order valence-electron chi connectivity index (χ3n) is 4.95. The molecule has 2 N–H and O–H groups in total. The van der Waals surface area contributed by atoms with Gasteiger partial charge in [0.05, 0.1) is 30.0 Å². The van der Waals surface area contributed by atoms with Crippen LogP contribution in [0.4, 0.5) is 0 Å². The van der Waals surface area contributed by atoms with E-state index >= 15 is 0 Å². The van der Waals surface area contributed by atoms with Crippen molar-refractivity contribution in [3.63, 3.8) is 0 Å². The molecule has 1 amide bonds. The number of hydrogen-bond donors (Lipinski definition) is 1. The second-order valence-electron chi connectivity index (χ2n) is 8.15. The lowest BCUT2D eigenvalue weighted by Crippen LogP contribution is -2.42. The van der Waals surface area contributed by atoms with Crippen molar-refractivity contribution >= 4 is 36.1 Å². The first-order valence-electron chi connectivity index (χ1n) is 11.0. The van der Waals surface area contributed by atoms with Crippen LogP contribution in [0.15, 0.2) is 47.6 Å². The first kappa shape index (κ1) is 28.6. The Morgan fingerprint density at radius 1 is 0.970 bits per heavy atom. The molecule has 0 heterocycles. The largest absolute Gasteiger partial charge is 0.494 e. The van der Waals surface area contributed by atoms with Crippen LogP contribution < -0.4 is 15.3 Å². The molecule has 182 valence electrons. The van der Waals surface area contributed by atoms with Gasteiger partial charge in [0, 0.05) is 12.1 Å². The first-order chi connectivity index (χ1) is 15.3. The topological polar surface area (TPSA) is 77.2 Å². The van der Waals surface area contributed by atoms with Gasteiger partial charge in [-0.15, -0.1) is 12.4 Å². The number of hydrogen-bond acceptors (Lipinski definition) is 5. The van der Waals surface area contributed by atoms with Gasteiger partial charge in [0.2, 0.25) is 0 Å². The molecule has 0 aliphatic rings. The van der Waals surface area contributed by atoms with Crippen LogP contribution in [0.2, 0.25) is 5.02 Å². The molecule has 8 heteroatoms. The normalized spacial score (nSPS) is 11.0. The number of amides is 1. The zero-order valence-electron chi connectivity index (χ0n) is 19.8. The molecule has 0 bridgehead atoms. The molecule has 0 spiro atoms. The summed E-state index contributed by atoms with van der Waals surface area (Å²) in [6.07, 6.45) is 4.42. The van der Waals surface area contributed by atoms with Gasteiger partial charge in [-0.3, -0.25) is 4.79 Å². The van der Waals surface area contributed by atoms with Crippen molar-refractivity contribution in [2.75, 3.05) is 13.2 Å². The van der Waals surface area contributed by atoms with Crippen LogP contribution in [-0.4, -0.2) is 42.3 Å². The monoisotopic (exact) mass is 495 g/mol. The van der Waals surface area contributed by atoms with E-state index in [1.807, 2.05) is 56.9 Å². The lowest BCUT2D eigenvalue weighted by Gasteiger charge is -2.31. The Bertz CT molecular complexity index is 879. The van der Waals surface area contributed by atoms with Gasteiger partial charge < -0.3 is 20.2 Å². The molecule has 6 nitrogen and oxygen atoms in total. The van der Waals surface area contributed by atoms with E-state index in [1.54, 1.807) is 24.4 Å². The Balaban J connectivity index is 0.00000544. The number of unbranched alkanes of at least 4 members (excludes halogenated alkanes) is 2. The fourth-order valence-corrected chi connectivity index (χ4v) is 3.71. The summed E-state index contributed by atoms with van der Waals surface area (Å²) in [6, 6.07) is 13.1. The quantitative estimate of drug-likeness (QED) is 0.171. The summed E-state index contributed by atoms with van der Waals surface area (Å²) in [5.41, 5.74) is 1.44. The standard InChI is InChI=1S/C25H34ClN3O3.ClH/c1-18(2)29(19(3)4)25(30)23-13-12-22(16-24(23)26)32-15-7-5-6-14-31-21-10-8-20(9-11-21)17-28-27;/h8-13,16-19H,5-7,14-15,27H2,1-4H3;1H. The molecule has 0 radical (unpaired) electrons. The fraction of sp³-hybridized carbons (Fsp3) is 0.440. The van der Waals surface area contributed by atoms with Gasteiger partial charge in [0.25, 0.3) is 5.91 Å². The Morgan fingerprint density at radius 2 is 1.52 bits per heavy atom. The highest BCUT2D eigenvalue weighted by molar-refractivity contribution is 6.34. The minimum atomic E-state index is -0.0614. The van der Waals surface area contributed by atoms with Crippen LogP contribution in [0, 0.1) is 0 Å². The van der Waals surface area contributed by atoms with E-state index < -0.39 is 0 Å². The number of carbonyl (C=O) groups is 1. The molecule has 0 aromatic heterocycles. The van der Waals surface area contributed by atoms with Gasteiger partial charge in [-0.1, -0.05) is 11.6 Å². The van der Waals surface area contributed by atoms with E-state index in [0.29, 0.717) is 29.5 Å². The van der Waals surface area contributed by atoms with Gasteiger partial charge in [0.1, 0.15) is 11.5 Å². The predicted molar refractivity (Wildman–Crippen MR) is 138 cm³/mol. The van der Waals surface area contributed by atoms with Crippen molar-refractivity contribution in [2.24, 2.45) is 10.9 Å². The molecule has 0 aliphatic carbocycles. The highest BCUT2D eigenvalue weighted by atomic mass is 35.5. The summed E-state index contributed by atoms with van der Waals surface area (Å²) >= 11 is 6.39. The summed E-state index contributed by atoms with van der Waals surface area (Å²) in [6.45, 7) is 9.24. The molecule has 0 saturated heterocycles. The van der Waals surface area contributed by atoms with Gasteiger partial charge >= 0.3 is 0 Å². The van der Waals surface area contributed by atoms with Crippen LogP contribution in [0.5, 0.6) is 11.5 Å². The van der Waals surface area contributed by atoms with Crippen molar-refractivity contribution in [2.45, 2.75) is 59.0 Å². The minimum absolute atomic E-state index is 0. The van der Waals surface area contributed by atoms with Crippen LogP contribution in [0.25, 0.3) is 0 Å². The predicted octanol–water partition coefficient (Wildman–Crippen LogP) is 5.94. The van der Waals surface area contributed by atoms with E-state index in [-0.39, 0.29) is 30.4 Å². The molecule has 0 unspecified atom stereocenters. The van der Waals surface area contributed by atoms with E-state index in [1.165, 1.54) is 0 Å². The third-order valence-corrected chi connectivity index (χ3v) is 5.26. The van der Waals surface area contributed by atoms with E-state index in [2.05, 4.69) is 5.10 Å². The SMILES string of the molecule is CC(C)N(C(=O)c1ccc(OCCCCCOc2ccc(C=NN)cc2)cc1Cl)C(C)C.Cl. The number of rotatable bonds is 12. The molecule has 33 heavy (non-hydrogen) atoms. The number of nitrogens with two attached hydrogens (primary N) is 1. The Hall–Kier alpha value is -2.44. The summed E-state index contributed by atoms with van der Waals surface area (Å²) in [5, 5.41) is 3.91. The summed E-state index contributed by atoms with van der Waals surface area (Å²) in [5.74, 6) is 6.57. The van der Waals surface area contributed by atoms with Crippen molar-refractivity contribution in [3.05, 3.63) is 58.6 Å². The smallest absolute Gasteiger partial charge is 0.255 e. The second kappa shape index (κ2) is 14.7. The molecule has 0 saturated carbocycles. The van der Waals surface area contributed by atoms with Crippen LogP contribution in [0.1, 0.15) is 62.9 Å². The van der Waals surface area contributed by atoms with Gasteiger partial charge in [-0.05, 0) is 95.0 Å². The highest BCUT2D eigenvalue weighted by Crippen LogP contribution is 2.25. The van der Waals surface area contributed by atoms with Crippen molar-refractivity contribution in [1.29, 1.82) is 0 Å². The molecule has 2 aromatic rings. The number of nitrogens with zero attached hydrogens (tertiary/aromatic N) is 2. The van der Waals surface area contributed by atoms with Crippen molar-refractivity contribution < 1.29 is 14.3 Å².